The second-order valence-electron chi connectivity index (χ2n) is 6.89. The highest BCUT2D eigenvalue weighted by atomic mass is 16.5. The summed E-state index contributed by atoms with van der Waals surface area (Å²) in [5.74, 6) is 1.38. The van der Waals surface area contributed by atoms with E-state index in [1.807, 2.05) is 0 Å². The van der Waals surface area contributed by atoms with E-state index in [9.17, 15) is 4.79 Å². The van der Waals surface area contributed by atoms with Crippen LogP contribution in [0.25, 0.3) is 5.57 Å². The Bertz CT molecular complexity index is 723. The molecule has 0 N–H and O–H groups in total. The highest BCUT2D eigenvalue weighted by Crippen LogP contribution is 2.53. The lowest BCUT2D eigenvalue weighted by Crippen LogP contribution is -2.36. The number of allylic oxidation sites excluding steroid dienone is 4. The summed E-state index contributed by atoms with van der Waals surface area (Å²) in [6.45, 7) is 2.16. The molecule has 1 atom stereocenters. The van der Waals surface area contributed by atoms with Crippen molar-refractivity contribution in [3.05, 3.63) is 46.5 Å². The minimum absolute atomic E-state index is 0.221. The standard InChI is InChI=1S/C20H22O2/c1-20-11-10-16-15-9-7-14(22-2)12-13(15)6-8-17(16)18(20)4-3-5-19(20)21/h4,7,9,12H,3,5-6,8,10-11H2,1-2H3. The second kappa shape index (κ2) is 4.84. The van der Waals surface area contributed by atoms with Gasteiger partial charge in [0.2, 0.25) is 0 Å². The molecule has 114 valence electrons. The first-order valence-corrected chi connectivity index (χ1v) is 8.27. The molecule has 0 spiro atoms. The highest BCUT2D eigenvalue weighted by Gasteiger charge is 2.43. The third-order valence-electron chi connectivity index (χ3n) is 5.78. The molecule has 0 amide bonds. The molecular weight excluding hydrogens is 272 g/mol. The van der Waals surface area contributed by atoms with Gasteiger partial charge in [0.1, 0.15) is 11.5 Å². The monoisotopic (exact) mass is 294 g/mol. The van der Waals surface area contributed by atoms with Crippen LogP contribution in [0.15, 0.2) is 35.4 Å². The van der Waals surface area contributed by atoms with E-state index in [2.05, 4.69) is 31.2 Å². The molecule has 1 aromatic rings. The van der Waals surface area contributed by atoms with Crippen LogP contribution in [0.1, 0.15) is 50.2 Å². The molecule has 1 unspecified atom stereocenters. The van der Waals surface area contributed by atoms with Crippen LogP contribution in [0.2, 0.25) is 0 Å². The predicted molar refractivity (Wildman–Crippen MR) is 87.9 cm³/mol. The van der Waals surface area contributed by atoms with Gasteiger partial charge in [-0.15, -0.1) is 0 Å². The van der Waals surface area contributed by atoms with Crippen LogP contribution in [0.3, 0.4) is 0 Å². The average molecular weight is 294 g/mol. The molecule has 4 rings (SSSR count). The van der Waals surface area contributed by atoms with E-state index in [0.717, 1.165) is 44.3 Å². The summed E-state index contributed by atoms with van der Waals surface area (Å²) in [5.41, 5.74) is 6.82. The molecular formula is C20H22O2. The minimum atomic E-state index is -0.221. The molecule has 0 fully saturated rings. The maximum Gasteiger partial charge on any atom is 0.143 e. The Balaban J connectivity index is 1.85. The predicted octanol–water partition coefficient (Wildman–Crippen LogP) is 4.48. The first-order chi connectivity index (χ1) is 10.6. The zero-order valence-electron chi connectivity index (χ0n) is 13.4. The van der Waals surface area contributed by atoms with Crippen molar-refractivity contribution in [3.63, 3.8) is 0 Å². The van der Waals surface area contributed by atoms with E-state index in [1.54, 1.807) is 7.11 Å². The van der Waals surface area contributed by atoms with Crippen LogP contribution >= 0.6 is 0 Å². The van der Waals surface area contributed by atoms with Crippen molar-refractivity contribution in [1.29, 1.82) is 0 Å². The number of ether oxygens (including phenoxy) is 1. The zero-order valence-corrected chi connectivity index (χ0v) is 13.4. The number of rotatable bonds is 1. The van der Waals surface area contributed by atoms with Crippen molar-refractivity contribution in [2.24, 2.45) is 5.41 Å². The number of carbonyl (C=O) groups is 1. The minimum Gasteiger partial charge on any atom is -0.497 e. The van der Waals surface area contributed by atoms with Gasteiger partial charge in [0, 0.05) is 6.42 Å². The van der Waals surface area contributed by atoms with Gasteiger partial charge in [0.05, 0.1) is 12.5 Å². The summed E-state index contributed by atoms with van der Waals surface area (Å²) in [6.07, 6.45) is 8.06. The topological polar surface area (TPSA) is 26.3 Å². The lowest BCUT2D eigenvalue weighted by molar-refractivity contribution is -0.126. The lowest BCUT2D eigenvalue weighted by atomic mass is 9.60. The summed E-state index contributed by atoms with van der Waals surface area (Å²) in [7, 11) is 1.72. The number of ketones is 1. The molecule has 0 heterocycles. The molecule has 3 aliphatic rings. The third kappa shape index (κ3) is 1.83. The molecule has 0 radical (unpaired) electrons. The smallest absolute Gasteiger partial charge is 0.143 e. The van der Waals surface area contributed by atoms with E-state index >= 15 is 0 Å². The van der Waals surface area contributed by atoms with Crippen molar-refractivity contribution in [1.82, 2.24) is 0 Å². The Morgan fingerprint density at radius 1 is 1.09 bits per heavy atom. The third-order valence-corrected chi connectivity index (χ3v) is 5.78. The molecule has 3 aliphatic carbocycles. The maximum absolute atomic E-state index is 12.5. The molecule has 2 heteroatoms. The zero-order chi connectivity index (χ0) is 15.3. The Labute approximate surface area is 131 Å². The Morgan fingerprint density at radius 2 is 1.95 bits per heavy atom. The number of hydrogen-bond acceptors (Lipinski definition) is 2. The summed E-state index contributed by atoms with van der Waals surface area (Å²) < 4.78 is 5.36. The van der Waals surface area contributed by atoms with Gasteiger partial charge in [0.25, 0.3) is 0 Å². The van der Waals surface area contributed by atoms with Crippen LogP contribution in [0, 0.1) is 5.41 Å². The van der Waals surface area contributed by atoms with E-state index < -0.39 is 0 Å². The second-order valence-corrected chi connectivity index (χ2v) is 6.89. The number of hydrogen-bond donors (Lipinski definition) is 0. The number of methoxy groups -OCH3 is 1. The Hall–Kier alpha value is -1.83. The first kappa shape index (κ1) is 13.8. The van der Waals surface area contributed by atoms with Crippen molar-refractivity contribution >= 4 is 11.4 Å². The molecule has 1 aromatic carbocycles. The van der Waals surface area contributed by atoms with Gasteiger partial charge in [0.15, 0.2) is 0 Å². The molecule has 22 heavy (non-hydrogen) atoms. The number of fused-ring (bicyclic) bond motifs is 4. The summed E-state index contributed by atoms with van der Waals surface area (Å²) >= 11 is 0. The Morgan fingerprint density at radius 3 is 2.77 bits per heavy atom. The van der Waals surface area contributed by atoms with Gasteiger partial charge in [-0.25, -0.2) is 0 Å². The fraction of sp³-hybridized carbons (Fsp3) is 0.450. The Kier molecular flexibility index (Phi) is 3.04. The number of aryl methyl sites for hydroxylation is 1. The largest absolute Gasteiger partial charge is 0.497 e. The van der Waals surface area contributed by atoms with E-state index in [4.69, 9.17) is 4.74 Å². The molecule has 2 nitrogen and oxygen atoms in total. The van der Waals surface area contributed by atoms with Gasteiger partial charge in [-0.2, -0.15) is 0 Å². The lowest BCUT2D eigenvalue weighted by Gasteiger charge is -2.42. The van der Waals surface area contributed by atoms with Gasteiger partial charge < -0.3 is 4.74 Å². The van der Waals surface area contributed by atoms with Crippen molar-refractivity contribution in [2.75, 3.05) is 7.11 Å². The fourth-order valence-corrected chi connectivity index (χ4v) is 4.46. The fourth-order valence-electron chi connectivity index (χ4n) is 4.46. The van der Waals surface area contributed by atoms with E-state index in [-0.39, 0.29) is 5.41 Å². The van der Waals surface area contributed by atoms with Crippen molar-refractivity contribution in [2.45, 2.75) is 45.4 Å². The van der Waals surface area contributed by atoms with Gasteiger partial charge >= 0.3 is 0 Å². The summed E-state index contributed by atoms with van der Waals surface area (Å²) in [5, 5.41) is 0. The highest BCUT2D eigenvalue weighted by molar-refractivity contribution is 5.93. The number of carbonyl (C=O) groups excluding carboxylic acids is 1. The van der Waals surface area contributed by atoms with Crippen LogP contribution in [-0.4, -0.2) is 12.9 Å². The summed E-state index contributed by atoms with van der Waals surface area (Å²) in [6, 6.07) is 6.44. The van der Waals surface area contributed by atoms with Crippen LogP contribution in [0.5, 0.6) is 5.75 Å². The molecule has 0 bridgehead atoms. The van der Waals surface area contributed by atoms with Crippen molar-refractivity contribution in [3.8, 4) is 5.75 Å². The van der Waals surface area contributed by atoms with Crippen LogP contribution < -0.4 is 4.74 Å². The summed E-state index contributed by atoms with van der Waals surface area (Å²) in [4.78, 5) is 12.5. The normalized spacial score (nSPS) is 26.8. The van der Waals surface area contributed by atoms with Crippen molar-refractivity contribution < 1.29 is 9.53 Å². The van der Waals surface area contributed by atoms with Gasteiger partial charge in [-0.05, 0) is 79.0 Å². The van der Waals surface area contributed by atoms with E-state index in [1.165, 1.54) is 27.8 Å². The van der Waals surface area contributed by atoms with Crippen LogP contribution in [-0.2, 0) is 11.2 Å². The first-order valence-electron chi connectivity index (χ1n) is 8.27. The molecule has 0 aliphatic heterocycles. The molecule has 0 saturated carbocycles. The average Bonchev–Trinajstić information content (AvgIpc) is 2.55. The number of Topliss-reactive ketones (excluding diaryl/α,β-unsaturated/α-hetero) is 1. The maximum atomic E-state index is 12.5. The van der Waals surface area contributed by atoms with E-state index in [0.29, 0.717) is 5.78 Å². The quantitative estimate of drug-likeness (QED) is 0.763. The van der Waals surface area contributed by atoms with Gasteiger partial charge in [-0.1, -0.05) is 12.1 Å². The number of benzene rings is 1. The van der Waals surface area contributed by atoms with Crippen LogP contribution in [0.4, 0.5) is 0 Å². The SMILES string of the molecule is COc1ccc2c(c1)CCC1=C2CCC2(C)C(=O)CCC=C12. The molecule has 0 saturated heterocycles. The van der Waals surface area contributed by atoms with Gasteiger partial charge in [-0.3, -0.25) is 4.79 Å². The molecule has 0 aromatic heterocycles.